The number of imidazole rings is 1. The third kappa shape index (κ3) is 1.96. The fourth-order valence-electron chi connectivity index (χ4n) is 2.13. The van der Waals surface area contributed by atoms with Crippen LogP contribution in [0.4, 0.5) is 5.69 Å². The summed E-state index contributed by atoms with van der Waals surface area (Å²) in [7, 11) is 0. The van der Waals surface area contributed by atoms with Crippen molar-refractivity contribution in [2.45, 2.75) is 6.92 Å². The number of benzene rings is 2. The molecule has 1 aromatic heterocycles. The summed E-state index contributed by atoms with van der Waals surface area (Å²) in [6.07, 6.45) is 0. The summed E-state index contributed by atoms with van der Waals surface area (Å²) < 4.78 is 0.990. The van der Waals surface area contributed by atoms with Crippen LogP contribution in [0.5, 0.6) is 5.75 Å². The van der Waals surface area contributed by atoms with Gasteiger partial charge in [0.1, 0.15) is 11.6 Å². The van der Waals surface area contributed by atoms with Gasteiger partial charge in [-0.2, -0.15) is 0 Å². The second-order valence-electron chi connectivity index (χ2n) is 4.45. The molecule has 0 atom stereocenters. The number of phenolic OH excluding ortho intramolecular Hbond substituents is 1. The van der Waals surface area contributed by atoms with E-state index in [4.69, 9.17) is 5.73 Å². The van der Waals surface area contributed by atoms with E-state index in [2.05, 4.69) is 25.9 Å². The largest absolute Gasteiger partial charge is 0.505 e. The third-order valence-electron chi connectivity index (χ3n) is 3.06. The molecule has 3 aromatic rings. The minimum Gasteiger partial charge on any atom is -0.505 e. The number of rotatable bonds is 1. The number of hydrogen-bond donors (Lipinski definition) is 3. The molecule has 0 unspecified atom stereocenters. The lowest BCUT2D eigenvalue weighted by atomic mass is 10.1. The highest BCUT2D eigenvalue weighted by molar-refractivity contribution is 9.10. The minimum atomic E-state index is 0.0540. The smallest absolute Gasteiger partial charge is 0.149 e. The Labute approximate surface area is 118 Å². The number of nitrogens with two attached hydrogens (primary N) is 1. The maximum atomic E-state index is 10.0. The van der Waals surface area contributed by atoms with Crippen LogP contribution in [0.25, 0.3) is 22.4 Å². The third-order valence-corrected chi connectivity index (χ3v) is 3.52. The molecule has 0 fully saturated rings. The fourth-order valence-corrected chi connectivity index (χ4v) is 2.70. The molecule has 0 aliphatic heterocycles. The first-order chi connectivity index (χ1) is 9.06. The average molecular weight is 318 g/mol. The summed E-state index contributed by atoms with van der Waals surface area (Å²) in [5.41, 5.74) is 9.53. The maximum absolute atomic E-state index is 10.0. The van der Waals surface area contributed by atoms with Gasteiger partial charge in [-0.3, -0.25) is 0 Å². The molecule has 4 N–H and O–H groups in total. The predicted octanol–water partition coefficient (Wildman–Crippen LogP) is 3.59. The number of para-hydroxylation sites is 1. The summed E-state index contributed by atoms with van der Waals surface area (Å²) in [6, 6.07) is 9.20. The van der Waals surface area contributed by atoms with E-state index in [1.54, 1.807) is 18.2 Å². The van der Waals surface area contributed by atoms with Crippen molar-refractivity contribution >= 4 is 32.7 Å². The van der Waals surface area contributed by atoms with E-state index >= 15 is 0 Å². The molecule has 2 aromatic carbocycles. The predicted molar refractivity (Wildman–Crippen MR) is 80.0 cm³/mol. The zero-order valence-corrected chi connectivity index (χ0v) is 11.8. The van der Waals surface area contributed by atoms with Crippen LogP contribution in [0.15, 0.2) is 34.8 Å². The number of anilines is 1. The molecule has 19 heavy (non-hydrogen) atoms. The lowest BCUT2D eigenvalue weighted by Gasteiger charge is -2.03. The van der Waals surface area contributed by atoms with E-state index in [-0.39, 0.29) is 5.75 Å². The summed E-state index contributed by atoms with van der Waals surface area (Å²) in [5.74, 6) is 0.666. The standard InChI is InChI=1S/C14H12BrN3O/c1-7-5-8(15)6-11-12(7)18-14(17-11)9-3-2-4-10(16)13(9)19/h2-6,19H,16H2,1H3,(H,17,18). The maximum Gasteiger partial charge on any atom is 0.149 e. The number of nitrogens with zero attached hydrogens (tertiary/aromatic N) is 1. The monoisotopic (exact) mass is 317 g/mol. The minimum absolute atomic E-state index is 0.0540. The molecule has 0 aliphatic carbocycles. The van der Waals surface area contributed by atoms with E-state index in [0.29, 0.717) is 17.1 Å². The SMILES string of the molecule is Cc1cc(Br)cc2[nH]c(-c3cccc(N)c3O)nc12. The van der Waals surface area contributed by atoms with Gasteiger partial charge in [0.05, 0.1) is 22.3 Å². The van der Waals surface area contributed by atoms with E-state index in [9.17, 15) is 5.11 Å². The molecule has 96 valence electrons. The van der Waals surface area contributed by atoms with Crippen LogP contribution in [-0.2, 0) is 0 Å². The zero-order valence-electron chi connectivity index (χ0n) is 10.2. The van der Waals surface area contributed by atoms with Crippen molar-refractivity contribution in [1.82, 2.24) is 9.97 Å². The molecular formula is C14H12BrN3O. The topological polar surface area (TPSA) is 74.9 Å². The van der Waals surface area contributed by atoms with Gasteiger partial charge in [0.2, 0.25) is 0 Å². The molecule has 0 spiro atoms. The number of aromatic nitrogens is 2. The molecule has 4 nitrogen and oxygen atoms in total. The van der Waals surface area contributed by atoms with E-state index in [1.807, 2.05) is 19.1 Å². The number of nitrogen functional groups attached to an aromatic ring is 1. The molecule has 0 radical (unpaired) electrons. The van der Waals surface area contributed by atoms with Crippen molar-refractivity contribution in [3.8, 4) is 17.1 Å². The molecule has 5 heteroatoms. The average Bonchev–Trinajstić information content (AvgIpc) is 2.76. The van der Waals surface area contributed by atoms with Crippen LogP contribution in [0.3, 0.4) is 0 Å². The molecule has 0 aliphatic rings. The highest BCUT2D eigenvalue weighted by Crippen LogP contribution is 2.34. The number of aryl methyl sites for hydroxylation is 1. The first-order valence-electron chi connectivity index (χ1n) is 5.80. The molecule has 1 heterocycles. The van der Waals surface area contributed by atoms with Crippen molar-refractivity contribution in [3.05, 3.63) is 40.4 Å². The van der Waals surface area contributed by atoms with Crippen LogP contribution >= 0.6 is 15.9 Å². The summed E-state index contributed by atoms with van der Waals surface area (Å²) in [4.78, 5) is 7.74. The van der Waals surface area contributed by atoms with Crippen LogP contribution < -0.4 is 5.73 Å². The van der Waals surface area contributed by atoms with E-state index < -0.39 is 0 Å². The number of nitrogens with one attached hydrogen (secondary N) is 1. The molecule has 0 bridgehead atoms. The van der Waals surface area contributed by atoms with Gasteiger partial charge in [-0.15, -0.1) is 0 Å². The zero-order chi connectivity index (χ0) is 13.6. The van der Waals surface area contributed by atoms with Gasteiger partial charge < -0.3 is 15.8 Å². The number of aromatic hydroxyl groups is 1. The molecule has 3 rings (SSSR count). The van der Waals surface area contributed by atoms with Gasteiger partial charge in [-0.25, -0.2) is 4.98 Å². The van der Waals surface area contributed by atoms with Gasteiger partial charge >= 0.3 is 0 Å². The van der Waals surface area contributed by atoms with Crippen LogP contribution in [0.2, 0.25) is 0 Å². The Bertz CT molecular complexity index is 780. The Morgan fingerprint density at radius 1 is 1.32 bits per heavy atom. The van der Waals surface area contributed by atoms with Gasteiger partial charge in [0, 0.05) is 4.47 Å². The first-order valence-corrected chi connectivity index (χ1v) is 6.59. The Balaban J connectivity index is 2.26. The second kappa shape index (κ2) is 4.28. The van der Waals surface area contributed by atoms with Crippen molar-refractivity contribution in [3.63, 3.8) is 0 Å². The van der Waals surface area contributed by atoms with Gasteiger partial charge in [-0.05, 0) is 36.8 Å². The van der Waals surface area contributed by atoms with Crippen molar-refractivity contribution < 1.29 is 5.11 Å². The first kappa shape index (κ1) is 12.0. The highest BCUT2D eigenvalue weighted by Gasteiger charge is 2.12. The van der Waals surface area contributed by atoms with Gasteiger partial charge in [-0.1, -0.05) is 22.0 Å². The van der Waals surface area contributed by atoms with Gasteiger partial charge in [0.15, 0.2) is 0 Å². The summed E-state index contributed by atoms with van der Waals surface area (Å²) >= 11 is 3.46. The number of hydrogen-bond acceptors (Lipinski definition) is 3. The summed E-state index contributed by atoms with van der Waals surface area (Å²) in [6.45, 7) is 2.00. The number of fused-ring (bicyclic) bond motifs is 1. The fraction of sp³-hybridized carbons (Fsp3) is 0.0714. The van der Waals surface area contributed by atoms with Gasteiger partial charge in [0.25, 0.3) is 0 Å². The molecular weight excluding hydrogens is 306 g/mol. The number of H-pyrrole nitrogens is 1. The Hall–Kier alpha value is -2.01. The van der Waals surface area contributed by atoms with Crippen LogP contribution in [0, 0.1) is 6.92 Å². The number of halogens is 1. The summed E-state index contributed by atoms with van der Waals surface area (Å²) in [5, 5.41) is 10.0. The van der Waals surface area contributed by atoms with E-state index in [0.717, 1.165) is 21.1 Å². The molecule has 0 saturated carbocycles. The normalized spacial score (nSPS) is 11.1. The van der Waals surface area contributed by atoms with Crippen molar-refractivity contribution in [2.75, 3.05) is 5.73 Å². The number of phenols is 1. The second-order valence-corrected chi connectivity index (χ2v) is 5.36. The Morgan fingerprint density at radius 2 is 2.11 bits per heavy atom. The van der Waals surface area contributed by atoms with E-state index in [1.165, 1.54) is 0 Å². The van der Waals surface area contributed by atoms with Crippen LogP contribution in [0.1, 0.15) is 5.56 Å². The highest BCUT2D eigenvalue weighted by atomic mass is 79.9. The van der Waals surface area contributed by atoms with Crippen molar-refractivity contribution in [1.29, 1.82) is 0 Å². The van der Waals surface area contributed by atoms with Crippen LogP contribution in [-0.4, -0.2) is 15.1 Å². The lowest BCUT2D eigenvalue weighted by Crippen LogP contribution is -1.88. The Morgan fingerprint density at radius 3 is 2.89 bits per heavy atom. The molecule has 0 amide bonds. The molecule has 0 saturated heterocycles. The quantitative estimate of drug-likeness (QED) is 0.474. The number of aromatic amines is 1. The lowest BCUT2D eigenvalue weighted by molar-refractivity contribution is 0.479. The van der Waals surface area contributed by atoms with Crippen molar-refractivity contribution in [2.24, 2.45) is 0 Å². The Kier molecular flexibility index (Phi) is 2.71.